The molecule has 122 valence electrons. The molecular formula is C17H23N5S. The highest BCUT2D eigenvalue weighted by Gasteiger charge is 2.25. The number of nitrogens with one attached hydrogen (secondary N) is 2. The SMILES string of the molecule is CCCSc1nc(NCC)c2c(n1)N(Cc1ccccc1)CN2. The van der Waals surface area contributed by atoms with Crippen LogP contribution in [0.4, 0.5) is 17.3 Å². The molecule has 23 heavy (non-hydrogen) atoms. The number of hydrogen-bond acceptors (Lipinski definition) is 6. The minimum Gasteiger partial charge on any atom is -0.368 e. The number of nitrogens with zero attached hydrogens (tertiary/aromatic N) is 3. The van der Waals surface area contributed by atoms with E-state index in [-0.39, 0.29) is 0 Å². The first-order chi connectivity index (χ1) is 11.3. The Hall–Kier alpha value is -1.95. The Balaban J connectivity index is 1.88. The van der Waals surface area contributed by atoms with Gasteiger partial charge in [0.15, 0.2) is 16.8 Å². The van der Waals surface area contributed by atoms with Gasteiger partial charge in [-0.2, -0.15) is 0 Å². The standard InChI is InChI=1S/C17H23N5S/c1-3-10-23-17-20-15(18-4-2)14-16(21-17)22(12-19-14)11-13-8-6-5-7-9-13/h5-9,19H,3-4,10-12H2,1-2H3,(H,18,20,21). The molecule has 0 fully saturated rings. The third kappa shape index (κ3) is 3.69. The van der Waals surface area contributed by atoms with Crippen LogP contribution in [0.1, 0.15) is 25.8 Å². The van der Waals surface area contributed by atoms with Gasteiger partial charge >= 0.3 is 0 Å². The van der Waals surface area contributed by atoms with Crippen LogP contribution in [0, 0.1) is 0 Å². The Kier molecular flexibility index (Phi) is 5.23. The van der Waals surface area contributed by atoms with Crippen molar-refractivity contribution >= 4 is 29.1 Å². The summed E-state index contributed by atoms with van der Waals surface area (Å²) in [6, 6.07) is 10.5. The fourth-order valence-corrected chi connectivity index (χ4v) is 3.25. The predicted octanol–water partition coefficient (Wildman–Crippen LogP) is 3.80. The summed E-state index contributed by atoms with van der Waals surface area (Å²) in [4.78, 5) is 11.7. The largest absolute Gasteiger partial charge is 0.368 e. The van der Waals surface area contributed by atoms with Crippen LogP contribution in [-0.4, -0.2) is 28.9 Å². The van der Waals surface area contributed by atoms with Gasteiger partial charge in [0, 0.05) is 18.8 Å². The summed E-state index contributed by atoms with van der Waals surface area (Å²) < 4.78 is 0. The lowest BCUT2D eigenvalue weighted by Crippen LogP contribution is -2.22. The summed E-state index contributed by atoms with van der Waals surface area (Å²) in [5, 5.41) is 7.64. The molecule has 0 unspecified atom stereocenters. The second kappa shape index (κ2) is 7.55. The van der Waals surface area contributed by atoms with Crippen molar-refractivity contribution in [3.63, 3.8) is 0 Å². The first kappa shape index (κ1) is 15.9. The fourth-order valence-electron chi connectivity index (χ4n) is 2.56. The predicted molar refractivity (Wildman–Crippen MR) is 98.3 cm³/mol. The van der Waals surface area contributed by atoms with Crippen LogP contribution in [0.5, 0.6) is 0 Å². The van der Waals surface area contributed by atoms with E-state index in [1.54, 1.807) is 11.8 Å². The molecule has 0 radical (unpaired) electrons. The molecule has 2 aromatic rings. The molecule has 3 rings (SSSR count). The lowest BCUT2D eigenvalue weighted by Gasteiger charge is -2.17. The monoisotopic (exact) mass is 329 g/mol. The lowest BCUT2D eigenvalue weighted by molar-refractivity contribution is 0.838. The number of rotatable bonds is 7. The number of hydrogen-bond donors (Lipinski definition) is 2. The van der Waals surface area contributed by atoms with E-state index in [4.69, 9.17) is 4.98 Å². The highest BCUT2D eigenvalue weighted by Crippen LogP contribution is 2.37. The van der Waals surface area contributed by atoms with E-state index in [1.807, 2.05) is 6.07 Å². The van der Waals surface area contributed by atoms with Crippen molar-refractivity contribution in [1.82, 2.24) is 9.97 Å². The Morgan fingerprint density at radius 1 is 1.22 bits per heavy atom. The van der Waals surface area contributed by atoms with Crippen LogP contribution >= 0.6 is 11.8 Å². The van der Waals surface area contributed by atoms with Crippen molar-refractivity contribution in [3.05, 3.63) is 35.9 Å². The summed E-state index contributed by atoms with van der Waals surface area (Å²) in [7, 11) is 0. The van der Waals surface area contributed by atoms with E-state index in [1.165, 1.54) is 5.56 Å². The van der Waals surface area contributed by atoms with Gasteiger partial charge in [0.25, 0.3) is 0 Å². The van der Waals surface area contributed by atoms with Crippen LogP contribution in [0.25, 0.3) is 0 Å². The normalized spacial score (nSPS) is 12.9. The summed E-state index contributed by atoms with van der Waals surface area (Å²) in [5.41, 5.74) is 2.30. The Labute approximate surface area is 141 Å². The summed E-state index contributed by atoms with van der Waals surface area (Å²) in [6.07, 6.45) is 1.12. The molecule has 1 aromatic heterocycles. The summed E-state index contributed by atoms with van der Waals surface area (Å²) in [6.45, 7) is 6.72. The zero-order valence-corrected chi connectivity index (χ0v) is 14.5. The molecule has 0 atom stereocenters. The van der Waals surface area contributed by atoms with Gasteiger partial charge in [0.05, 0.1) is 6.67 Å². The molecule has 1 aliphatic heterocycles. The molecule has 5 nitrogen and oxygen atoms in total. The molecular weight excluding hydrogens is 306 g/mol. The van der Waals surface area contributed by atoms with Crippen molar-refractivity contribution in [1.29, 1.82) is 0 Å². The number of thioether (sulfide) groups is 1. The van der Waals surface area contributed by atoms with E-state index in [0.717, 1.165) is 54.4 Å². The van der Waals surface area contributed by atoms with Gasteiger partial charge in [-0.1, -0.05) is 49.0 Å². The maximum absolute atomic E-state index is 4.79. The van der Waals surface area contributed by atoms with Gasteiger partial charge in [-0.05, 0) is 18.9 Å². The maximum Gasteiger partial charge on any atom is 0.191 e. The quantitative estimate of drug-likeness (QED) is 0.595. The van der Waals surface area contributed by atoms with E-state index in [9.17, 15) is 0 Å². The molecule has 0 saturated heterocycles. The number of fused-ring (bicyclic) bond motifs is 1. The first-order valence-corrected chi connectivity index (χ1v) is 9.11. The van der Waals surface area contributed by atoms with Gasteiger partial charge in [-0.3, -0.25) is 0 Å². The highest BCUT2D eigenvalue weighted by molar-refractivity contribution is 7.99. The van der Waals surface area contributed by atoms with Gasteiger partial charge in [0.1, 0.15) is 5.69 Å². The minimum atomic E-state index is 0.763. The van der Waals surface area contributed by atoms with Gasteiger partial charge in [0.2, 0.25) is 0 Å². The minimum absolute atomic E-state index is 0.763. The average Bonchev–Trinajstić information content (AvgIpc) is 2.97. The zero-order valence-electron chi connectivity index (χ0n) is 13.7. The third-order valence-electron chi connectivity index (χ3n) is 3.61. The number of benzene rings is 1. The van der Waals surface area contributed by atoms with Crippen molar-refractivity contribution < 1.29 is 0 Å². The lowest BCUT2D eigenvalue weighted by atomic mass is 10.2. The maximum atomic E-state index is 4.79. The van der Waals surface area contributed by atoms with E-state index in [0.29, 0.717) is 0 Å². The van der Waals surface area contributed by atoms with Crippen molar-refractivity contribution in [2.75, 3.05) is 34.5 Å². The van der Waals surface area contributed by atoms with Gasteiger partial charge in [-0.15, -0.1) is 0 Å². The topological polar surface area (TPSA) is 53.1 Å². The molecule has 0 saturated carbocycles. The molecule has 0 bridgehead atoms. The fraction of sp³-hybridized carbons (Fsp3) is 0.412. The van der Waals surface area contributed by atoms with E-state index < -0.39 is 0 Å². The van der Waals surface area contributed by atoms with Crippen LogP contribution in [-0.2, 0) is 6.54 Å². The third-order valence-corrected chi connectivity index (χ3v) is 4.66. The van der Waals surface area contributed by atoms with Crippen LogP contribution in [0.15, 0.2) is 35.5 Å². The van der Waals surface area contributed by atoms with Crippen LogP contribution in [0.3, 0.4) is 0 Å². The molecule has 0 spiro atoms. The molecule has 1 aromatic carbocycles. The molecule has 6 heteroatoms. The van der Waals surface area contributed by atoms with Crippen LogP contribution < -0.4 is 15.5 Å². The Bertz CT molecular complexity index is 647. The van der Waals surface area contributed by atoms with E-state index >= 15 is 0 Å². The van der Waals surface area contributed by atoms with Crippen molar-refractivity contribution in [2.45, 2.75) is 32.0 Å². The highest BCUT2D eigenvalue weighted by atomic mass is 32.2. The van der Waals surface area contributed by atoms with Crippen molar-refractivity contribution in [2.24, 2.45) is 0 Å². The Morgan fingerprint density at radius 2 is 2.04 bits per heavy atom. The van der Waals surface area contributed by atoms with E-state index in [2.05, 4.69) is 58.6 Å². The second-order valence-electron chi connectivity index (χ2n) is 5.45. The Morgan fingerprint density at radius 3 is 2.78 bits per heavy atom. The first-order valence-electron chi connectivity index (χ1n) is 8.13. The zero-order chi connectivity index (χ0) is 16.1. The number of anilines is 3. The summed E-state index contributed by atoms with van der Waals surface area (Å²) >= 11 is 1.72. The molecule has 2 heterocycles. The average molecular weight is 329 g/mol. The number of aromatic nitrogens is 2. The molecule has 1 aliphatic rings. The van der Waals surface area contributed by atoms with Crippen LogP contribution in [0.2, 0.25) is 0 Å². The van der Waals surface area contributed by atoms with Gasteiger partial charge in [-0.25, -0.2) is 9.97 Å². The molecule has 0 aliphatic carbocycles. The smallest absolute Gasteiger partial charge is 0.191 e. The molecule has 2 N–H and O–H groups in total. The van der Waals surface area contributed by atoms with Gasteiger partial charge < -0.3 is 15.5 Å². The summed E-state index contributed by atoms with van der Waals surface area (Å²) in [5.74, 6) is 2.95. The van der Waals surface area contributed by atoms with Crippen molar-refractivity contribution in [3.8, 4) is 0 Å². The second-order valence-corrected chi connectivity index (χ2v) is 6.51. The molecule has 0 amide bonds.